The molecule has 2 saturated heterocycles. The summed E-state index contributed by atoms with van der Waals surface area (Å²) in [5.74, 6) is 0.277. The minimum atomic E-state index is -0.773. The quantitative estimate of drug-likeness (QED) is 0.125. The van der Waals surface area contributed by atoms with Gasteiger partial charge in [0.15, 0.2) is 0 Å². The predicted octanol–water partition coefficient (Wildman–Crippen LogP) is 9.40. The molecule has 3 N–H and O–H groups in total. The number of methoxy groups -OCH3 is 2. The van der Waals surface area contributed by atoms with E-state index in [0.717, 1.165) is 36.8 Å². The topological polar surface area (TPSA) is 168 Å². The summed E-state index contributed by atoms with van der Waals surface area (Å²) < 4.78 is 31.7. The molecule has 17 heteroatoms. The first-order valence-corrected chi connectivity index (χ1v) is 20.9. The van der Waals surface area contributed by atoms with Crippen molar-refractivity contribution in [2.45, 2.75) is 90.6 Å². The maximum atomic E-state index is 12.5. The van der Waals surface area contributed by atoms with E-state index in [2.05, 4.69) is 26.4 Å². The number of benzene rings is 2. The van der Waals surface area contributed by atoms with Crippen LogP contribution in [0, 0.1) is 11.8 Å². The van der Waals surface area contributed by atoms with Crippen molar-refractivity contribution in [3.63, 3.8) is 0 Å². The molecule has 4 rings (SSSR count). The number of hydrogen-bond acceptors (Lipinski definition) is 11. The molecule has 2 aromatic rings. The van der Waals surface area contributed by atoms with E-state index in [1.165, 1.54) is 14.2 Å². The Labute approximate surface area is 364 Å². The molecule has 0 spiro atoms. The molecule has 4 atom stereocenters. The number of rotatable bonds is 11. The Kier molecular flexibility index (Phi) is 22.7. The van der Waals surface area contributed by atoms with Crippen molar-refractivity contribution in [1.82, 2.24) is 15.1 Å². The summed E-state index contributed by atoms with van der Waals surface area (Å²) in [5, 5.41) is 3.92. The van der Waals surface area contributed by atoms with Crippen LogP contribution in [0.15, 0.2) is 48.5 Å². The number of nitrogens with two attached hydrogens (primary N) is 1. The summed E-state index contributed by atoms with van der Waals surface area (Å²) in [7, 11) is 2.54. The predicted molar refractivity (Wildman–Crippen MR) is 229 cm³/mol. The molecular formula is C42H63Cl3N4O10. The number of amides is 3. The van der Waals surface area contributed by atoms with Gasteiger partial charge in [-0.2, -0.15) is 0 Å². The van der Waals surface area contributed by atoms with E-state index in [9.17, 15) is 19.2 Å². The Morgan fingerprint density at radius 2 is 1.17 bits per heavy atom. The van der Waals surface area contributed by atoms with Crippen LogP contribution in [0.5, 0.6) is 0 Å². The number of halogens is 3. The highest BCUT2D eigenvalue weighted by Gasteiger charge is 2.34. The second-order valence-electron chi connectivity index (χ2n) is 16.0. The SMILES string of the molecule is CC(C)(C)OC(=O)N1CCC[C@@H]([C@@H](OCCN)c2cccc(Cl)c2)C1.COC(=O)Cl.COC(=O)NCCO[C@@H](c1cccc(Cl)c1)[C@@H]1CCCN(C(=O)OC(C)(C)C)C1. The van der Waals surface area contributed by atoms with Crippen molar-refractivity contribution in [2.75, 3.05) is 66.7 Å². The van der Waals surface area contributed by atoms with Gasteiger partial charge in [-0.1, -0.05) is 47.5 Å². The minimum absolute atomic E-state index is 0.0906. The highest BCUT2D eigenvalue weighted by Crippen LogP contribution is 2.36. The van der Waals surface area contributed by atoms with Crippen molar-refractivity contribution in [3.8, 4) is 0 Å². The van der Waals surface area contributed by atoms with Crippen LogP contribution in [0.4, 0.5) is 19.2 Å². The van der Waals surface area contributed by atoms with Gasteiger partial charge in [0, 0.05) is 72.8 Å². The molecule has 0 unspecified atom stereocenters. The van der Waals surface area contributed by atoms with Crippen LogP contribution in [0.25, 0.3) is 0 Å². The largest absolute Gasteiger partial charge is 0.457 e. The van der Waals surface area contributed by atoms with Gasteiger partial charge in [-0.25, -0.2) is 19.2 Å². The van der Waals surface area contributed by atoms with Crippen LogP contribution in [0.3, 0.4) is 0 Å². The first-order valence-electron chi connectivity index (χ1n) is 19.7. The first-order chi connectivity index (χ1) is 27.8. The molecule has 2 aliphatic rings. The van der Waals surface area contributed by atoms with Crippen molar-refractivity contribution in [3.05, 3.63) is 69.7 Å². The van der Waals surface area contributed by atoms with Gasteiger partial charge in [-0.05, 0) is 103 Å². The number of ether oxygens (including phenoxy) is 6. The number of alkyl carbamates (subject to hydrolysis) is 1. The average molecular weight is 890 g/mol. The smallest absolute Gasteiger partial charge is 0.410 e. The maximum Gasteiger partial charge on any atom is 0.410 e. The fourth-order valence-corrected chi connectivity index (χ4v) is 6.88. The van der Waals surface area contributed by atoms with Crippen LogP contribution < -0.4 is 11.1 Å². The monoisotopic (exact) mass is 888 g/mol. The van der Waals surface area contributed by atoms with Crippen LogP contribution in [0.2, 0.25) is 10.0 Å². The lowest BCUT2D eigenvalue weighted by atomic mass is 9.88. The standard InChI is InChI=1S/C21H31ClN2O5.C19H29ClN2O3.C2H3ClO2/c1-21(2,3)29-20(26)24-11-6-8-16(14-24)18(15-7-5-9-17(22)13-15)28-12-10-23-19(25)27-4;1-19(2,3)25-18(23)22-10-5-7-15(13-22)17(24-11-9-21)14-6-4-8-16(20)12-14;1-5-2(3)4/h5,7,9,13,16,18H,6,8,10-12,14H2,1-4H3,(H,23,25);4,6,8,12,15,17H,5,7,9-11,13,21H2,1-3H3;1H3/t16-,18+;15-,17+;/m11./s1. The number of carbonyl (C=O) groups excluding carboxylic acids is 4. The zero-order valence-corrected chi connectivity index (χ0v) is 37.9. The zero-order chi connectivity index (χ0) is 44.2. The van der Waals surface area contributed by atoms with Crippen LogP contribution in [-0.2, 0) is 28.4 Å². The number of nitrogens with one attached hydrogen (secondary N) is 1. The van der Waals surface area contributed by atoms with E-state index >= 15 is 0 Å². The van der Waals surface area contributed by atoms with Gasteiger partial charge >= 0.3 is 23.7 Å². The van der Waals surface area contributed by atoms with Crippen molar-refractivity contribution in [2.24, 2.45) is 17.6 Å². The summed E-state index contributed by atoms with van der Waals surface area (Å²) in [4.78, 5) is 49.0. The lowest BCUT2D eigenvalue weighted by Gasteiger charge is -2.37. The van der Waals surface area contributed by atoms with Crippen molar-refractivity contribution in [1.29, 1.82) is 0 Å². The van der Waals surface area contributed by atoms with Crippen LogP contribution in [0.1, 0.15) is 90.6 Å². The fourth-order valence-electron chi connectivity index (χ4n) is 6.48. The van der Waals surface area contributed by atoms with Gasteiger partial charge in [0.2, 0.25) is 0 Å². The van der Waals surface area contributed by atoms with Gasteiger partial charge in [-0.3, -0.25) is 0 Å². The third kappa shape index (κ3) is 20.5. The molecule has 3 amide bonds. The van der Waals surface area contributed by atoms with E-state index in [0.29, 0.717) is 62.5 Å². The molecule has 14 nitrogen and oxygen atoms in total. The zero-order valence-electron chi connectivity index (χ0n) is 35.6. The summed E-state index contributed by atoms with van der Waals surface area (Å²) in [6, 6.07) is 15.3. The molecule has 2 heterocycles. The molecule has 0 radical (unpaired) electrons. The molecule has 0 aromatic heterocycles. The number of hydrogen-bond donors (Lipinski definition) is 2. The van der Waals surface area contributed by atoms with Gasteiger partial charge in [-0.15, -0.1) is 0 Å². The highest BCUT2D eigenvalue weighted by molar-refractivity contribution is 6.61. The minimum Gasteiger partial charge on any atom is -0.457 e. The highest BCUT2D eigenvalue weighted by atomic mass is 35.5. The van der Waals surface area contributed by atoms with Gasteiger partial charge in [0.05, 0.1) is 39.6 Å². The number of carbonyl (C=O) groups is 4. The number of nitrogens with zero attached hydrogens (tertiary/aromatic N) is 2. The van der Waals surface area contributed by atoms with E-state index in [-0.39, 0.29) is 36.2 Å². The third-order valence-corrected chi connectivity index (χ3v) is 9.48. The Hall–Kier alpha value is -3.53. The summed E-state index contributed by atoms with van der Waals surface area (Å²) in [6.45, 7) is 15.3. The molecule has 0 saturated carbocycles. The molecular weight excluding hydrogens is 827 g/mol. The van der Waals surface area contributed by atoms with E-state index in [1.54, 1.807) is 9.80 Å². The molecule has 0 aliphatic carbocycles. The summed E-state index contributed by atoms with van der Waals surface area (Å²) in [5.41, 5.74) is 5.80. The number of likely N-dealkylation sites (tertiary alicyclic amines) is 2. The Morgan fingerprint density at radius 1 is 0.746 bits per heavy atom. The van der Waals surface area contributed by atoms with Gasteiger partial charge < -0.3 is 49.3 Å². The average Bonchev–Trinajstić information content (AvgIpc) is 3.17. The van der Waals surface area contributed by atoms with E-state index in [4.69, 9.17) is 47.9 Å². The summed E-state index contributed by atoms with van der Waals surface area (Å²) in [6.07, 6.45) is 2.24. The van der Waals surface area contributed by atoms with Gasteiger partial charge in [0.25, 0.3) is 0 Å². The Bertz CT molecular complexity index is 1610. The normalized spacial score (nSPS) is 17.8. The molecule has 0 bridgehead atoms. The molecule has 2 aliphatic heterocycles. The number of piperidine rings is 2. The van der Waals surface area contributed by atoms with Crippen molar-refractivity contribution >= 4 is 58.5 Å². The van der Waals surface area contributed by atoms with Crippen LogP contribution in [-0.4, -0.2) is 111 Å². The second kappa shape index (κ2) is 25.9. The maximum absolute atomic E-state index is 12.5. The van der Waals surface area contributed by atoms with Gasteiger partial charge in [0.1, 0.15) is 11.2 Å². The lowest BCUT2D eigenvalue weighted by molar-refractivity contribution is -0.0247. The third-order valence-electron chi connectivity index (χ3n) is 8.86. The Balaban J connectivity index is 0.000000368. The lowest BCUT2D eigenvalue weighted by Crippen LogP contribution is -2.44. The fraction of sp³-hybridized carbons (Fsp3) is 0.619. The molecule has 2 aromatic carbocycles. The molecule has 332 valence electrons. The summed E-state index contributed by atoms with van der Waals surface area (Å²) >= 11 is 16.9. The van der Waals surface area contributed by atoms with E-state index < -0.39 is 22.7 Å². The second-order valence-corrected chi connectivity index (χ2v) is 17.2. The van der Waals surface area contributed by atoms with Crippen LogP contribution >= 0.6 is 34.8 Å². The first kappa shape index (κ1) is 51.6. The van der Waals surface area contributed by atoms with E-state index in [1.807, 2.05) is 90.1 Å². The van der Waals surface area contributed by atoms with Crippen molar-refractivity contribution < 1.29 is 47.6 Å². The molecule has 2 fully saturated rings. The Morgan fingerprint density at radius 3 is 1.53 bits per heavy atom. The molecule has 59 heavy (non-hydrogen) atoms.